The van der Waals surface area contributed by atoms with E-state index in [4.69, 9.17) is 11.6 Å². The van der Waals surface area contributed by atoms with Gasteiger partial charge in [-0.2, -0.15) is 0 Å². The van der Waals surface area contributed by atoms with Gasteiger partial charge in [0.15, 0.2) is 0 Å². The smallest absolute Gasteiger partial charge is 0.0410 e. The minimum atomic E-state index is 0.619. The average molecular weight is 237 g/mol. The molecule has 0 spiro atoms. The van der Waals surface area contributed by atoms with Crippen molar-refractivity contribution in [2.24, 2.45) is 0 Å². The molecular weight excluding hydrogens is 220 g/mol. The third-order valence-electron chi connectivity index (χ3n) is 3.62. The first kappa shape index (κ1) is 10.4. The molecule has 1 fully saturated rings. The number of hydrogen-bond acceptors (Lipinski definition) is 2. The summed E-state index contributed by atoms with van der Waals surface area (Å²) in [5, 5.41) is 4.47. The van der Waals surface area contributed by atoms with Crippen molar-refractivity contribution >= 4 is 17.3 Å². The standard InChI is InChI=1S/C13H17ClN2/c14-11-3-5-13-10(8-11)2-4-12(15-13)9-16-6-1-7-16/h3,5,8,12,15H,1-2,4,6-7,9H2. The van der Waals surface area contributed by atoms with Crippen molar-refractivity contribution in [1.82, 2.24) is 4.90 Å². The van der Waals surface area contributed by atoms with Gasteiger partial charge in [-0.1, -0.05) is 11.6 Å². The lowest BCUT2D eigenvalue weighted by atomic mass is 9.97. The van der Waals surface area contributed by atoms with E-state index in [0.29, 0.717) is 6.04 Å². The lowest BCUT2D eigenvalue weighted by Gasteiger charge is -2.36. The van der Waals surface area contributed by atoms with E-state index < -0.39 is 0 Å². The SMILES string of the molecule is Clc1ccc2c(c1)CCC(CN1CCC1)N2. The van der Waals surface area contributed by atoms with Crippen molar-refractivity contribution in [3.8, 4) is 0 Å². The quantitative estimate of drug-likeness (QED) is 0.850. The molecule has 2 aliphatic rings. The van der Waals surface area contributed by atoms with E-state index in [-0.39, 0.29) is 0 Å². The minimum absolute atomic E-state index is 0.619. The summed E-state index contributed by atoms with van der Waals surface area (Å²) in [6, 6.07) is 6.79. The van der Waals surface area contributed by atoms with Crippen LogP contribution in [0.5, 0.6) is 0 Å². The predicted octanol–water partition coefficient (Wildman–Crippen LogP) is 2.77. The fourth-order valence-electron chi connectivity index (χ4n) is 2.54. The maximum Gasteiger partial charge on any atom is 0.0410 e. The van der Waals surface area contributed by atoms with E-state index in [1.165, 1.54) is 43.7 Å². The molecule has 86 valence electrons. The van der Waals surface area contributed by atoms with Crippen LogP contribution in [0.25, 0.3) is 0 Å². The monoisotopic (exact) mass is 236 g/mol. The molecule has 0 radical (unpaired) electrons. The lowest BCUT2D eigenvalue weighted by Crippen LogP contribution is -2.45. The van der Waals surface area contributed by atoms with Gasteiger partial charge in [-0.05, 0) is 56.1 Å². The second-order valence-corrected chi connectivity index (χ2v) is 5.27. The van der Waals surface area contributed by atoms with Crippen LogP contribution in [0, 0.1) is 0 Å². The summed E-state index contributed by atoms with van der Waals surface area (Å²) in [4.78, 5) is 2.53. The molecule has 0 amide bonds. The van der Waals surface area contributed by atoms with E-state index in [1.54, 1.807) is 0 Å². The van der Waals surface area contributed by atoms with Crippen LogP contribution in [0.15, 0.2) is 18.2 Å². The Balaban J connectivity index is 1.68. The number of rotatable bonds is 2. The summed E-state index contributed by atoms with van der Waals surface area (Å²) >= 11 is 5.99. The number of nitrogens with zero attached hydrogens (tertiary/aromatic N) is 1. The lowest BCUT2D eigenvalue weighted by molar-refractivity contribution is 0.171. The van der Waals surface area contributed by atoms with E-state index in [0.717, 1.165) is 11.4 Å². The molecule has 2 nitrogen and oxygen atoms in total. The number of hydrogen-bond donors (Lipinski definition) is 1. The van der Waals surface area contributed by atoms with Crippen LogP contribution in [0.4, 0.5) is 5.69 Å². The molecule has 16 heavy (non-hydrogen) atoms. The summed E-state index contributed by atoms with van der Waals surface area (Å²) in [6.07, 6.45) is 3.75. The number of aryl methyl sites for hydroxylation is 1. The van der Waals surface area contributed by atoms with Gasteiger partial charge in [-0.15, -0.1) is 0 Å². The topological polar surface area (TPSA) is 15.3 Å². The van der Waals surface area contributed by atoms with E-state index in [9.17, 15) is 0 Å². The third kappa shape index (κ3) is 2.04. The number of benzene rings is 1. The second-order valence-electron chi connectivity index (χ2n) is 4.84. The van der Waals surface area contributed by atoms with Crippen molar-refractivity contribution in [2.45, 2.75) is 25.3 Å². The Morgan fingerprint density at radius 2 is 2.25 bits per heavy atom. The van der Waals surface area contributed by atoms with Crippen LogP contribution in [0.2, 0.25) is 5.02 Å². The Bertz CT molecular complexity index is 388. The number of anilines is 1. The highest BCUT2D eigenvalue weighted by atomic mass is 35.5. The van der Waals surface area contributed by atoms with Crippen molar-refractivity contribution in [1.29, 1.82) is 0 Å². The molecule has 1 aromatic carbocycles. The van der Waals surface area contributed by atoms with Crippen LogP contribution in [0.3, 0.4) is 0 Å². The molecule has 1 saturated heterocycles. The number of halogens is 1. The van der Waals surface area contributed by atoms with Gasteiger partial charge in [-0.25, -0.2) is 0 Å². The third-order valence-corrected chi connectivity index (χ3v) is 3.85. The molecule has 3 heteroatoms. The second kappa shape index (κ2) is 4.27. The van der Waals surface area contributed by atoms with Crippen molar-refractivity contribution in [3.63, 3.8) is 0 Å². The Morgan fingerprint density at radius 1 is 1.38 bits per heavy atom. The Morgan fingerprint density at radius 3 is 3.00 bits per heavy atom. The highest BCUT2D eigenvalue weighted by Crippen LogP contribution is 2.28. The highest BCUT2D eigenvalue weighted by Gasteiger charge is 2.22. The first-order valence-electron chi connectivity index (χ1n) is 6.08. The Kier molecular flexibility index (Phi) is 2.78. The van der Waals surface area contributed by atoms with E-state index >= 15 is 0 Å². The molecule has 1 atom stereocenters. The maximum absolute atomic E-state index is 5.99. The molecular formula is C13H17ClN2. The van der Waals surface area contributed by atoms with E-state index in [2.05, 4.69) is 22.3 Å². The fourth-order valence-corrected chi connectivity index (χ4v) is 2.74. The summed E-state index contributed by atoms with van der Waals surface area (Å²) in [6.45, 7) is 3.76. The van der Waals surface area contributed by atoms with Gasteiger partial charge in [0.05, 0.1) is 0 Å². The normalized spacial score (nSPS) is 24.4. The average Bonchev–Trinajstić information content (AvgIpc) is 2.23. The first-order chi connectivity index (χ1) is 7.81. The van der Waals surface area contributed by atoms with Gasteiger partial charge in [0, 0.05) is 23.3 Å². The Labute approximate surface area is 102 Å². The van der Waals surface area contributed by atoms with Crippen molar-refractivity contribution in [2.75, 3.05) is 25.0 Å². The van der Waals surface area contributed by atoms with Gasteiger partial charge >= 0.3 is 0 Å². The maximum atomic E-state index is 5.99. The van der Waals surface area contributed by atoms with Gasteiger partial charge in [0.2, 0.25) is 0 Å². The predicted molar refractivity (Wildman–Crippen MR) is 68.2 cm³/mol. The zero-order chi connectivity index (χ0) is 11.0. The molecule has 1 aromatic rings. The van der Waals surface area contributed by atoms with Gasteiger partial charge in [0.25, 0.3) is 0 Å². The molecule has 2 heterocycles. The van der Waals surface area contributed by atoms with Crippen LogP contribution in [0.1, 0.15) is 18.4 Å². The molecule has 1 N–H and O–H groups in total. The molecule has 0 aromatic heterocycles. The van der Waals surface area contributed by atoms with Gasteiger partial charge in [-0.3, -0.25) is 0 Å². The van der Waals surface area contributed by atoms with Crippen LogP contribution in [-0.2, 0) is 6.42 Å². The summed E-state index contributed by atoms with van der Waals surface area (Å²) in [5.74, 6) is 0. The Hall–Kier alpha value is -0.730. The summed E-state index contributed by atoms with van der Waals surface area (Å²) in [7, 11) is 0. The van der Waals surface area contributed by atoms with Crippen LogP contribution >= 0.6 is 11.6 Å². The zero-order valence-corrected chi connectivity index (χ0v) is 10.1. The molecule has 1 unspecified atom stereocenters. The minimum Gasteiger partial charge on any atom is -0.381 e. The van der Waals surface area contributed by atoms with Crippen LogP contribution in [-0.4, -0.2) is 30.6 Å². The molecule has 3 rings (SSSR count). The first-order valence-corrected chi connectivity index (χ1v) is 6.46. The summed E-state index contributed by atoms with van der Waals surface area (Å²) < 4.78 is 0. The van der Waals surface area contributed by atoms with Crippen molar-refractivity contribution in [3.05, 3.63) is 28.8 Å². The van der Waals surface area contributed by atoms with E-state index in [1.807, 2.05) is 6.07 Å². The molecule has 0 saturated carbocycles. The molecule has 0 aliphatic carbocycles. The molecule has 2 aliphatic heterocycles. The zero-order valence-electron chi connectivity index (χ0n) is 9.38. The highest BCUT2D eigenvalue weighted by molar-refractivity contribution is 6.30. The number of fused-ring (bicyclic) bond motifs is 1. The number of nitrogens with one attached hydrogen (secondary N) is 1. The number of likely N-dealkylation sites (tertiary alicyclic amines) is 1. The van der Waals surface area contributed by atoms with Crippen molar-refractivity contribution < 1.29 is 0 Å². The largest absolute Gasteiger partial charge is 0.381 e. The van der Waals surface area contributed by atoms with Crippen LogP contribution < -0.4 is 5.32 Å². The molecule has 0 bridgehead atoms. The van der Waals surface area contributed by atoms with Gasteiger partial charge < -0.3 is 10.2 Å². The fraction of sp³-hybridized carbons (Fsp3) is 0.538. The summed E-state index contributed by atoms with van der Waals surface area (Å²) in [5.41, 5.74) is 2.65. The van der Waals surface area contributed by atoms with Gasteiger partial charge in [0.1, 0.15) is 0 Å².